The number of nitrogens with zero attached hydrogens (tertiary/aromatic N) is 3. The summed E-state index contributed by atoms with van der Waals surface area (Å²) in [5, 5.41) is 11.4. The fourth-order valence-corrected chi connectivity index (χ4v) is 1.44. The van der Waals surface area contributed by atoms with Gasteiger partial charge in [-0.2, -0.15) is 0 Å². The molecule has 2 aromatic rings. The van der Waals surface area contributed by atoms with Gasteiger partial charge in [0, 0.05) is 6.54 Å². The van der Waals surface area contributed by atoms with E-state index in [0.717, 1.165) is 30.7 Å². The van der Waals surface area contributed by atoms with Gasteiger partial charge in [-0.25, -0.2) is 4.68 Å². The molecule has 1 aromatic carbocycles. The predicted molar refractivity (Wildman–Crippen MR) is 56.1 cm³/mol. The van der Waals surface area contributed by atoms with E-state index in [4.69, 9.17) is 0 Å². The smallest absolute Gasteiger partial charge is 0.113 e. The molecule has 1 heterocycles. The number of hydrogen-bond acceptors (Lipinski definition) is 3. The van der Waals surface area contributed by atoms with Crippen LogP contribution in [0.15, 0.2) is 24.3 Å². The first kappa shape index (κ1) is 9.15. The van der Waals surface area contributed by atoms with E-state index in [2.05, 4.69) is 22.6 Å². The van der Waals surface area contributed by atoms with E-state index >= 15 is 0 Å². The molecule has 0 aliphatic rings. The standard InChI is InChI=1S/C10H14N4/c1-2-11-7-8-14-10-6-4-3-5-9(10)12-13-14/h3-6,11H,2,7-8H2,1H3. The molecule has 0 unspecified atom stereocenters. The normalized spacial score (nSPS) is 10.9. The van der Waals surface area contributed by atoms with Gasteiger partial charge in [-0.05, 0) is 18.7 Å². The maximum atomic E-state index is 4.09. The number of hydrogen-bond donors (Lipinski definition) is 1. The van der Waals surface area contributed by atoms with Gasteiger partial charge in [-0.3, -0.25) is 0 Å². The fraction of sp³-hybridized carbons (Fsp3) is 0.400. The maximum absolute atomic E-state index is 4.09. The zero-order valence-electron chi connectivity index (χ0n) is 8.27. The number of benzene rings is 1. The summed E-state index contributed by atoms with van der Waals surface area (Å²) in [6, 6.07) is 8.01. The summed E-state index contributed by atoms with van der Waals surface area (Å²) >= 11 is 0. The summed E-state index contributed by atoms with van der Waals surface area (Å²) < 4.78 is 1.93. The van der Waals surface area contributed by atoms with Crippen LogP contribution in [0.25, 0.3) is 11.0 Å². The molecule has 1 aromatic heterocycles. The summed E-state index contributed by atoms with van der Waals surface area (Å²) in [5.74, 6) is 0. The first-order valence-corrected chi connectivity index (χ1v) is 4.91. The SMILES string of the molecule is CCNCCn1nnc2ccccc21. The van der Waals surface area contributed by atoms with Gasteiger partial charge in [0.2, 0.25) is 0 Å². The molecule has 14 heavy (non-hydrogen) atoms. The molecule has 1 N–H and O–H groups in total. The molecule has 0 radical (unpaired) electrons. The van der Waals surface area contributed by atoms with Crippen LogP contribution in [0.2, 0.25) is 0 Å². The first-order valence-electron chi connectivity index (χ1n) is 4.91. The Morgan fingerprint density at radius 1 is 1.36 bits per heavy atom. The van der Waals surface area contributed by atoms with E-state index in [1.54, 1.807) is 0 Å². The van der Waals surface area contributed by atoms with Crippen molar-refractivity contribution in [2.75, 3.05) is 13.1 Å². The van der Waals surface area contributed by atoms with Gasteiger partial charge >= 0.3 is 0 Å². The van der Waals surface area contributed by atoms with Crippen molar-refractivity contribution in [2.24, 2.45) is 0 Å². The Bertz CT molecular complexity index is 407. The molecule has 0 saturated heterocycles. The van der Waals surface area contributed by atoms with Crippen LogP contribution >= 0.6 is 0 Å². The number of aromatic nitrogens is 3. The summed E-state index contributed by atoms with van der Waals surface area (Å²) in [6.45, 7) is 4.89. The molecule has 0 bridgehead atoms. The molecule has 0 amide bonds. The molecular formula is C10H14N4. The minimum absolute atomic E-state index is 0.869. The Balaban J connectivity index is 2.17. The molecule has 0 spiro atoms. The highest BCUT2D eigenvalue weighted by molar-refractivity contribution is 5.73. The lowest BCUT2D eigenvalue weighted by molar-refractivity contribution is 0.562. The third-order valence-corrected chi connectivity index (χ3v) is 2.17. The van der Waals surface area contributed by atoms with E-state index in [1.807, 2.05) is 28.9 Å². The Hall–Kier alpha value is -1.42. The lowest BCUT2D eigenvalue weighted by atomic mass is 10.3. The number of nitrogens with one attached hydrogen (secondary N) is 1. The minimum Gasteiger partial charge on any atom is -0.315 e. The molecule has 2 rings (SSSR count). The topological polar surface area (TPSA) is 42.7 Å². The average molecular weight is 190 g/mol. The summed E-state index contributed by atoms with van der Waals surface area (Å²) in [4.78, 5) is 0. The third-order valence-electron chi connectivity index (χ3n) is 2.17. The van der Waals surface area contributed by atoms with Crippen LogP contribution in [0.3, 0.4) is 0 Å². The average Bonchev–Trinajstić information content (AvgIpc) is 2.63. The molecule has 0 aliphatic heterocycles. The van der Waals surface area contributed by atoms with Gasteiger partial charge in [0.05, 0.1) is 12.1 Å². The van der Waals surface area contributed by atoms with Crippen LogP contribution in [0, 0.1) is 0 Å². The second kappa shape index (κ2) is 4.19. The van der Waals surface area contributed by atoms with Crippen molar-refractivity contribution in [2.45, 2.75) is 13.5 Å². The van der Waals surface area contributed by atoms with Crippen molar-refractivity contribution in [3.8, 4) is 0 Å². The van der Waals surface area contributed by atoms with Crippen LogP contribution in [0.4, 0.5) is 0 Å². The van der Waals surface area contributed by atoms with E-state index in [0.29, 0.717) is 0 Å². The Labute approximate surface area is 82.9 Å². The highest BCUT2D eigenvalue weighted by Crippen LogP contribution is 2.08. The second-order valence-corrected chi connectivity index (χ2v) is 3.15. The van der Waals surface area contributed by atoms with Crippen molar-refractivity contribution in [1.29, 1.82) is 0 Å². The van der Waals surface area contributed by atoms with E-state index < -0.39 is 0 Å². The predicted octanol–water partition coefficient (Wildman–Crippen LogP) is 1.04. The zero-order chi connectivity index (χ0) is 9.80. The third kappa shape index (κ3) is 1.75. The van der Waals surface area contributed by atoms with Gasteiger partial charge < -0.3 is 5.32 Å². The molecule has 0 saturated carbocycles. The zero-order valence-corrected chi connectivity index (χ0v) is 8.27. The molecule has 74 valence electrons. The first-order chi connectivity index (χ1) is 6.92. The molecular weight excluding hydrogens is 176 g/mol. The van der Waals surface area contributed by atoms with Crippen LogP contribution in [-0.4, -0.2) is 28.1 Å². The number of para-hydroxylation sites is 1. The number of rotatable bonds is 4. The van der Waals surface area contributed by atoms with Crippen molar-refractivity contribution < 1.29 is 0 Å². The van der Waals surface area contributed by atoms with Gasteiger partial charge in [-0.15, -0.1) is 5.10 Å². The van der Waals surface area contributed by atoms with Gasteiger partial charge in [0.15, 0.2) is 0 Å². The fourth-order valence-electron chi connectivity index (χ4n) is 1.44. The van der Waals surface area contributed by atoms with E-state index in [9.17, 15) is 0 Å². The van der Waals surface area contributed by atoms with Crippen LogP contribution in [0.1, 0.15) is 6.92 Å². The summed E-state index contributed by atoms with van der Waals surface area (Å²) in [7, 11) is 0. The van der Waals surface area contributed by atoms with Crippen molar-refractivity contribution >= 4 is 11.0 Å². The monoisotopic (exact) mass is 190 g/mol. The van der Waals surface area contributed by atoms with Crippen LogP contribution < -0.4 is 5.32 Å². The Morgan fingerprint density at radius 2 is 2.21 bits per heavy atom. The van der Waals surface area contributed by atoms with Gasteiger partial charge in [-0.1, -0.05) is 24.3 Å². The van der Waals surface area contributed by atoms with Crippen molar-refractivity contribution in [1.82, 2.24) is 20.3 Å². The highest BCUT2D eigenvalue weighted by Gasteiger charge is 2.01. The summed E-state index contributed by atoms with van der Waals surface area (Å²) in [6.07, 6.45) is 0. The lowest BCUT2D eigenvalue weighted by Gasteiger charge is -2.01. The molecule has 4 heteroatoms. The van der Waals surface area contributed by atoms with E-state index in [-0.39, 0.29) is 0 Å². The van der Waals surface area contributed by atoms with Crippen LogP contribution in [0.5, 0.6) is 0 Å². The lowest BCUT2D eigenvalue weighted by Crippen LogP contribution is -2.19. The largest absolute Gasteiger partial charge is 0.315 e. The van der Waals surface area contributed by atoms with E-state index in [1.165, 1.54) is 0 Å². The highest BCUT2D eigenvalue weighted by atomic mass is 15.4. The molecule has 0 atom stereocenters. The Morgan fingerprint density at radius 3 is 3.07 bits per heavy atom. The second-order valence-electron chi connectivity index (χ2n) is 3.15. The van der Waals surface area contributed by atoms with Crippen LogP contribution in [-0.2, 0) is 6.54 Å². The van der Waals surface area contributed by atoms with Crippen molar-refractivity contribution in [3.63, 3.8) is 0 Å². The quantitative estimate of drug-likeness (QED) is 0.732. The Kier molecular flexibility index (Phi) is 2.74. The molecule has 4 nitrogen and oxygen atoms in total. The maximum Gasteiger partial charge on any atom is 0.113 e. The van der Waals surface area contributed by atoms with Gasteiger partial charge in [0.25, 0.3) is 0 Å². The molecule has 0 fully saturated rings. The number of fused-ring (bicyclic) bond motifs is 1. The minimum atomic E-state index is 0.869. The van der Waals surface area contributed by atoms with Crippen molar-refractivity contribution in [3.05, 3.63) is 24.3 Å². The van der Waals surface area contributed by atoms with Gasteiger partial charge in [0.1, 0.15) is 5.52 Å². The molecule has 0 aliphatic carbocycles. The summed E-state index contributed by atoms with van der Waals surface area (Å²) in [5.41, 5.74) is 2.06. The number of likely N-dealkylation sites (N-methyl/N-ethyl adjacent to an activating group) is 1.